The summed E-state index contributed by atoms with van der Waals surface area (Å²) in [5.41, 5.74) is 5.33. The molecule has 8 nitrogen and oxygen atoms in total. The zero-order valence-electron chi connectivity index (χ0n) is 19.8. The largest absolute Gasteiger partial charge is 0.378 e. The number of anilines is 1. The van der Waals surface area contributed by atoms with Gasteiger partial charge in [-0.15, -0.1) is 11.3 Å². The molecule has 36 heavy (non-hydrogen) atoms. The molecule has 2 aromatic carbocycles. The van der Waals surface area contributed by atoms with E-state index in [-0.39, 0.29) is 5.56 Å². The SMILES string of the molecule is C=NC(=N[C@@H](C)c1cc2cccc(-c3ccnnc3)c2c(=O)n1-c1ccccc1)c1ncsc1NC. The average Bonchev–Trinajstić information content (AvgIpc) is 3.41. The van der Waals surface area contributed by atoms with Crippen LogP contribution in [0.2, 0.25) is 0 Å². The number of pyridine rings is 1. The van der Waals surface area contributed by atoms with Crippen molar-refractivity contribution in [2.45, 2.75) is 13.0 Å². The molecule has 0 aliphatic carbocycles. The first kappa shape index (κ1) is 23.3. The molecule has 0 unspecified atom stereocenters. The van der Waals surface area contributed by atoms with Crippen LogP contribution in [-0.2, 0) is 0 Å². The number of aromatic nitrogens is 4. The van der Waals surface area contributed by atoms with E-state index < -0.39 is 6.04 Å². The molecule has 178 valence electrons. The van der Waals surface area contributed by atoms with Crippen LogP contribution in [0, 0.1) is 0 Å². The molecule has 0 aliphatic rings. The first-order chi connectivity index (χ1) is 17.6. The molecule has 0 saturated heterocycles. The number of thiazole rings is 1. The highest BCUT2D eigenvalue weighted by atomic mass is 32.1. The lowest BCUT2D eigenvalue weighted by Gasteiger charge is -2.19. The van der Waals surface area contributed by atoms with Crippen LogP contribution in [0.5, 0.6) is 0 Å². The van der Waals surface area contributed by atoms with Gasteiger partial charge in [0.25, 0.3) is 5.56 Å². The summed E-state index contributed by atoms with van der Waals surface area (Å²) in [4.78, 5) is 27.6. The normalized spacial score (nSPS) is 12.4. The number of benzene rings is 2. The fraction of sp³-hybridized carbons (Fsp3) is 0.111. The van der Waals surface area contributed by atoms with E-state index in [1.54, 1.807) is 22.5 Å². The van der Waals surface area contributed by atoms with Crippen molar-refractivity contribution in [1.82, 2.24) is 19.7 Å². The third-order valence-electron chi connectivity index (χ3n) is 5.88. The first-order valence-corrected chi connectivity index (χ1v) is 12.2. The van der Waals surface area contributed by atoms with Crippen LogP contribution in [0.15, 0.2) is 93.3 Å². The maximum atomic E-state index is 14.2. The first-order valence-electron chi connectivity index (χ1n) is 11.3. The molecule has 5 aromatic rings. The van der Waals surface area contributed by atoms with Crippen LogP contribution in [-0.4, -0.2) is 39.3 Å². The van der Waals surface area contributed by atoms with Gasteiger partial charge in [0.1, 0.15) is 10.7 Å². The van der Waals surface area contributed by atoms with E-state index in [0.29, 0.717) is 16.9 Å². The van der Waals surface area contributed by atoms with E-state index in [4.69, 9.17) is 4.99 Å². The summed E-state index contributed by atoms with van der Waals surface area (Å²) in [6, 6.07) is 18.8. The highest BCUT2D eigenvalue weighted by molar-refractivity contribution is 7.14. The van der Waals surface area contributed by atoms with Gasteiger partial charge in [0, 0.05) is 18.3 Å². The van der Waals surface area contributed by atoms with Gasteiger partial charge >= 0.3 is 0 Å². The van der Waals surface area contributed by atoms with Crippen molar-refractivity contribution < 1.29 is 0 Å². The topological polar surface area (TPSA) is 97.4 Å². The van der Waals surface area contributed by atoms with Crippen molar-refractivity contribution in [1.29, 1.82) is 0 Å². The lowest BCUT2D eigenvalue weighted by molar-refractivity contribution is 0.735. The molecular formula is C27H23N7OS. The maximum Gasteiger partial charge on any atom is 0.263 e. The summed E-state index contributed by atoms with van der Waals surface area (Å²) in [6.07, 6.45) is 3.29. The highest BCUT2D eigenvalue weighted by Crippen LogP contribution is 2.30. The van der Waals surface area contributed by atoms with Crippen molar-refractivity contribution >= 4 is 39.7 Å². The lowest BCUT2D eigenvalue weighted by Crippen LogP contribution is -2.24. The molecular weight excluding hydrogens is 470 g/mol. The number of fused-ring (bicyclic) bond motifs is 1. The smallest absolute Gasteiger partial charge is 0.263 e. The van der Waals surface area contributed by atoms with Crippen molar-refractivity contribution in [3.63, 3.8) is 0 Å². The van der Waals surface area contributed by atoms with Gasteiger partial charge in [-0.3, -0.25) is 14.4 Å². The van der Waals surface area contributed by atoms with Gasteiger partial charge in [0.15, 0.2) is 5.84 Å². The summed E-state index contributed by atoms with van der Waals surface area (Å²) in [7, 11) is 1.83. The van der Waals surface area contributed by atoms with Crippen molar-refractivity contribution in [3.05, 3.63) is 100 Å². The van der Waals surface area contributed by atoms with E-state index in [0.717, 1.165) is 32.9 Å². The van der Waals surface area contributed by atoms with Crippen LogP contribution in [0.3, 0.4) is 0 Å². The second-order valence-electron chi connectivity index (χ2n) is 8.01. The molecule has 0 amide bonds. The number of rotatable bonds is 6. The van der Waals surface area contributed by atoms with Crippen LogP contribution >= 0.6 is 11.3 Å². The summed E-state index contributed by atoms with van der Waals surface area (Å²) in [5.74, 6) is 0.414. The third kappa shape index (κ3) is 4.20. The number of nitrogens with one attached hydrogen (secondary N) is 1. The molecule has 0 bridgehead atoms. The van der Waals surface area contributed by atoms with Gasteiger partial charge < -0.3 is 5.32 Å². The molecule has 1 atom stereocenters. The monoisotopic (exact) mass is 493 g/mol. The zero-order chi connectivity index (χ0) is 25.1. The summed E-state index contributed by atoms with van der Waals surface area (Å²) in [5, 5.41) is 13.3. The molecule has 3 heterocycles. The molecule has 0 spiro atoms. The van der Waals surface area contributed by atoms with Crippen LogP contribution in [0.25, 0.3) is 27.6 Å². The minimum atomic E-state index is -0.416. The number of hydrogen-bond acceptors (Lipinski definition) is 7. The summed E-state index contributed by atoms with van der Waals surface area (Å²) < 4.78 is 1.72. The van der Waals surface area contributed by atoms with Gasteiger partial charge in [-0.25, -0.2) is 9.98 Å². The lowest BCUT2D eigenvalue weighted by atomic mass is 9.99. The highest BCUT2D eigenvalue weighted by Gasteiger charge is 2.20. The fourth-order valence-corrected chi connectivity index (χ4v) is 4.87. The second kappa shape index (κ2) is 10.0. The quantitative estimate of drug-likeness (QED) is 0.260. The van der Waals surface area contributed by atoms with Crippen molar-refractivity contribution in [2.24, 2.45) is 9.98 Å². The van der Waals surface area contributed by atoms with Crippen molar-refractivity contribution in [2.75, 3.05) is 12.4 Å². The second-order valence-corrected chi connectivity index (χ2v) is 8.87. The Kier molecular flexibility index (Phi) is 6.46. The molecule has 1 N–H and O–H groups in total. The molecule has 9 heteroatoms. The molecule has 0 aliphatic heterocycles. The molecule has 0 fully saturated rings. The fourth-order valence-electron chi connectivity index (χ4n) is 4.23. The minimum absolute atomic E-state index is 0.138. The van der Waals surface area contributed by atoms with Crippen LogP contribution in [0.4, 0.5) is 5.00 Å². The predicted molar refractivity (Wildman–Crippen MR) is 147 cm³/mol. The number of nitrogens with zero attached hydrogens (tertiary/aromatic N) is 6. The Morgan fingerprint density at radius 3 is 2.67 bits per heavy atom. The predicted octanol–water partition coefficient (Wildman–Crippen LogP) is 5.15. The molecule has 0 saturated carbocycles. The van der Waals surface area contributed by atoms with Gasteiger partial charge in [0.2, 0.25) is 0 Å². The van der Waals surface area contributed by atoms with E-state index in [2.05, 4.69) is 32.2 Å². The van der Waals surface area contributed by atoms with E-state index >= 15 is 0 Å². The Bertz CT molecular complexity index is 1630. The van der Waals surface area contributed by atoms with Crippen LogP contribution < -0.4 is 10.9 Å². The van der Waals surface area contributed by atoms with E-state index in [9.17, 15) is 4.79 Å². The van der Waals surface area contributed by atoms with Crippen LogP contribution in [0.1, 0.15) is 24.4 Å². The van der Waals surface area contributed by atoms with Gasteiger partial charge in [-0.1, -0.05) is 36.4 Å². The Balaban J connectivity index is 1.77. The number of aliphatic imine (C=N–C) groups is 2. The Morgan fingerprint density at radius 2 is 1.94 bits per heavy atom. The molecule has 0 radical (unpaired) electrons. The summed E-state index contributed by atoms with van der Waals surface area (Å²) in [6.45, 7) is 5.65. The summed E-state index contributed by atoms with van der Waals surface area (Å²) >= 11 is 1.46. The van der Waals surface area contributed by atoms with Gasteiger partial charge in [-0.2, -0.15) is 10.2 Å². The zero-order valence-corrected chi connectivity index (χ0v) is 20.6. The van der Waals surface area contributed by atoms with Crippen molar-refractivity contribution in [3.8, 4) is 16.8 Å². The maximum absolute atomic E-state index is 14.2. The Hall–Kier alpha value is -4.50. The number of para-hydroxylation sites is 1. The number of amidine groups is 1. The Labute approximate surface area is 211 Å². The van der Waals surface area contributed by atoms with E-state index in [1.165, 1.54) is 11.3 Å². The number of hydrogen-bond donors (Lipinski definition) is 1. The van der Waals surface area contributed by atoms with Gasteiger partial charge in [-0.05, 0) is 48.9 Å². The van der Waals surface area contributed by atoms with Gasteiger partial charge in [0.05, 0.1) is 35.0 Å². The third-order valence-corrected chi connectivity index (χ3v) is 6.73. The molecule has 5 rings (SSSR count). The van der Waals surface area contributed by atoms with E-state index in [1.807, 2.05) is 74.6 Å². The Morgan fingerprint density at radius 1 is 1.11 bits per heavy atom. The standard InChI is InChI=1S/C27H23N7OS/c1-17(33-25(28-2)24-26(29-3)36-16-30-24)22-14-18-8-7-11-21(19-12-13-31-32-15-19)23(18)27(35)34(22)20-9-5-4-6-10-20/h4-17,29H,2H2,1,3H3/t17-/m0/s1. The average molecular weight is 494 g/mol. The minimum Gasteiger partial charge on any atom is -0.378 e. The molecule has 3 aromatic heterocycles.